The fourth-order valence-corrected chi connectivity index (χ4v) is 4.97. The van der Waals surface area contributed by atoms with Gasteiger partial charge in [0.15, 0.2) is 0 Å². The van der Waals surface area contributed by atoms with Gasteiger partial charge in [-0.05, 0) is 62.7 Å². The van der Waals surface area contributed by atoms with E-state index >= 15 is 0 Å². The molecule has 0 aromatic rings. The summed E-state index contributed by atoms with van der Waals surface area (Å²) in [5.41, 5.74) is 0. The molecule has 0 aromatic carbocycles. The van der Waals surface area contributed by atoms with Gasteiger partial charge in [-0.25, -0.2) is 0 Å². The molecule has 100 valence electrons. The number of hydrogen-bond donors (Lipinski definition) is 0. The summed E-state index contributed by atoms with van der Waals surface area (Å²) in [6, 6.07) is 0. The lowest BCUT2D eigenvalue weighted by Gasteiger charge is -2.38. The predicted molar refractivity (Wildman–Crippen MR) is 77.4 cm³/mol. The Bertz CT molecular complexity index is 224. The average Bonchev–Trinajstić information content (AvgIpc) is 2.26. The molecule has 2 aliphatic rings. The van der Waals surface area contributed by atoms with Crippen LogP contribution in [0.5, 0.6) is 0 Å². The maximum atomic E-state index is 6.51. The zero-order chi connectivity index (χ0) is 12.4. The molecular formula is C14H23Cl3. The lowest BCUT2D eigenvalue weighted by molar-refractivity contribution is 0.228. The van der Waals surface area contributed by atoms with Crippen LogP contribution < -0.4 is 0 Å². The number of hydrogen-bond acceptors (Lipinski definition) is 0. The fourth-order valence-electron chi connectivity index (χ4n) is 3.48. The molecule has 2 fully saturated rings. The number of halogens is 3. The first-order chi connectivity index (χ1) is 8.06. The minimum Gasteiger partial charge on any atom is -0.123 e. The van der Waals surface area contributed by atoms with E-state index in [1.54, 1.807) is 0 Å². The van der Waals surface area contributed by atoms with Gasteiger partial charge < -0.3 is 0 Å². The Balaban J connectivity index is 1.85. The molecule has 0 amide bonds. The van der Waals surface area contributed by atoms with Crippen molar-refractivity contribution in [3.8, 4) is 0 Å². The van der Waals surface area contributed by atoms with Crippen molar-refractivity contribution >= 4 is 34.8 Å². The zero-order valence-corrected chi connectivity index (χ0v) is 12.8. The van der Waals surface area contributed by atoms with Gasteiger partial charge in [0, 0.05) is 16.1 Å². The molecule has 2 atom stereocenters. The minimum absolute atomic E-state index is 0.287. The predicted octanol–water partition coefficient (Wildman–Crippen LogP) is 5.44. The zero-order valence-electron chi connectivity index (χ0n) is 10.5. The molecule has 0 bridgehead atoms. The van der Waals surface area contributed by atoms with Crippen LogP contribution in [-0.2, 0) is 0 Å². The molecule has 0 nitrogen and oxygen atoms in total. The van der Waals surface area contributed by atoms with Crippen molar-refractivity contribution in [3.63, 3.8) is 0 Å². The Labute approximate surface area is 120 Å². The Hall–Kier alpha value is 0.870. The van der Waals surface area contributed by atoms with Crippen molar-refractivity contribution in [1.29, 1.82) is 0 Å². The van der Waals surface area contributed by atoms with Crippen LogP contribution in [0, 0.1) is 17.8 Å². The van der Waals surface area contributed by atoms with E-state index in [4.69, 9.17) is 34.8 Å². The summed E-state index contributed by atoms with van der Waals surface area (Å²) < 4.78 is 0. The third kappa shape index (κ3) is 3.91. The lowest BCUT2D eigenvalue weighted by Crippen LogP contribution is -2.35. The van der Waals surface area contributed by atoms with Crippen LogP contribution in [0.25, 0.3) is 0 Å². The highest BCUT2D eigenvalue weighted by molar-refractivity contribution is 6.24. The Morgan fingerprint density at radius 1 is 0.882 bits per heavy atom. The summed E-state index contributed by atoms with van der Waals surface area (Å²) in [5, 5.41) is 0.987. The maximum absolute atomic E-state index is 6.51. The second-order valence-corrected chi connectivity index (χ2v) is 7.86. The first-order valence-corrected chi connectivity index (χ1v) is 8.29. The second kappa shape index (κ2) is 6.35. The molecule has 17 heavy (non-hydrogen) atoms. The van der Waals surface area contributed by atoms with E-state index in [-0.39, 0.29) is 10.8 Å². The standard InChI is InChI=1S/C14H23Cl3/c1-9-6-13(16)12(14(17)7-9)8-10-2-4-11(15)5-3-10/h9-14H,2-8H2,1H3. The van der Waals surface area contributed by atoms with Crippen molar-refractivity contribution in [3.05, 3.63) is 0 Å². The van der Waals surface area contributed by atoms with Gasteiger partial charge in [0.2, 0.25) is 0 Å². The molecule has 0 radical (unpaired) electrons. The monoisotopic (exact) mass is 296 g/mol. The van der Waals surface area contributed by atoms with Crippen LogP contribution in [-0.4, -0.2) is 16.1 Å². The maximum Gasteiger partial charge on any atom is 0.0381 e. The average molecular weight is 298 g/mol. The first-order valence-electron chi connectivity index (χ1n) is 6.98. The molecule has 0 heterocycles. The molecule has 0 aliphatic heterocycles. The van der Waals surface area contributed by atoms with Crippen molar-refractivity contribution in [2.45, 2.75) is 68.0 Å². The smallest absolute Gasteiger partial charge is 0.0381 e. The Kier molecular flexibility index (Phi) is 5.33. The van der Waals surface area contributed by atoms with Gasteiger partial charge in [-0.2, -0.15) is 0 Å². The van der Waals surface area contributed by atoms with E-state index in [1.807, 2.05) is 0 Å². The van der Waals surface area contributed by atoms with Crippen molar-refractivity contribution in [2.24, 2.45) is 17.8 Å². The molecule has 2 aliphatic carbocycles. The van der Waals surface area contributed by atoms with Crippen LogP contribution in [0.3, 0.4) is 0 Å². The third-order valence-electron chi connectivity index (χ3n) is 4.57. The SMILES string of the molecule is CC1CC(Cl)C(CC2CCC(Cl)CC2)C(Cl)C1. The van der Waals surface area contributed by atoms with E-state index in [9.17, 15) is 0 Å². The summed E-state index contributed by atoms with van der Waals surface area (Å²) in [7, 11) is 0. The van der Waals surface area contributed by atoms with Crippen molar-refractivity contribution in [2.75, 3.05) is 0 Å². The summed E-state index contributed by atoms with van der Waals surface area (Å²) in [5.74, 6) is 2.02. The Morgan fingerprint density at radius 3 is 1.94 bits per heavy atom. The van der Waals surface area contributed by atoms with Gasteiger partial charge in [-0.15, -0.1) is 34.8 Å². The van der Waals surface area contributed by atoms with Gasteiger partial charge in [-0.3, -0.25) is 0 Å². The quantitative estimate of drug-likeness (QED) is 0.596. The van der Waals surface area contributed by atoms with Gasteiger partial charge in [0.1, 0.15) is 0 Å². The molecule has 0 N–H and O–H groups in total. The van der Waals surface area contributed by atoms with Gasteiger partial charge >= 0.3 is 0 Å². The van der Waals surface area contributed by atoms with E-state index in [0.717, 1.165) is 18.8 Å². The van der Waals surface area contributed by atoms with Gasteiger partial charge in [0.05, 0.1) is 0 Å². The second-order valence-electron chi connectivity index (χ2n) is 6.13. The molecular weight excluding hydrogens is 275 g/mol. The minimum atomic E-state index is 0.287. The number of rotatable bonds is 2. The van der Waals surface area contributed by atoms with E-state index in [2.05, 4.69) is 6.92 Å². The van der Waals surface area contributed by atoms with E-state index in [0.29, 0.717) is 17.2 Å². The third-order valence-corrected chi connectivity index (χ3v) is 6.01. The molecule has 0 saturated heterocycles. The molecule has 2 unspecified atom stereocenters. The highest BCUT2D eigenvalue weighted by Gasteiger charge is 2.36. The highest BCUT2D eigenvalue weighted by atomic mass is 35.5. The lowest BCUT2D eigenvalue weighted by atomic mass is 9.75. The summed E-state index contributed by atoms with van der Waals surface area (Å²) >= 11 is 19.2. The largest absolute Gasteiger partial charge is 0.123 e. The van der Waals surface area contributed by atoms with Gasteiger partial charge in [-0.1, -0.05) is 6.92 Å². The molecule has 2 saturated carbocycles. The Morgan fingerprint density at radius 2 is 1.41 bits per heavy atom. The van der Waals surface area contributed by atoms with Crippen LogP contribution in [0.2, 0.25) is 0 Å². The summed E-state index contributed by atoms with van der Waals surface area (Å²) in [4.78, 5) is 0. The van der Waals surface area contributed by atoms with Crippen molar-refractivity contribution in [1.82, 2.24) is 0 Å². The van der Waals surface area contributed by atoms with Crippen molar-refractivity contribution < 1.29 is 0 Å². The van der Waals surface area contributed by atoms with Crippen LogP contribution in [0.1, 0.15) is 51.9 Å². The summed E-state index contributed by atoms with van der Waals surface area (Å²) in [6.45, 7) is 2.26. The first kappa shape index (κ1) is 14.3. The number of alkyl halides is 3. The highest BCUT2D eigenvalue weighted by Crippen LogP contribution is 2.42. The molecule has 0 aromatic heterocycles. The fraction of sp³-hybridized carbons (Fsp3) is 1.00. The van der Waals surface area contributed by atoms with Gasteiger partial charge in [0.25, 0.3) is 0 Å². The van der Waals surface area contributed by atoms with E-state index < -0.39 is 0 Å². The van der Waals surface area contributed by atoms with Crippen LogP contribution in [0.15, 0.2) is 0 Å². The molecule has 0 spiro atoms. The van der Waals surface area contributed by atoms with Crippen LogP contribution in [0.4, 0.5) is 0 Å². The van der Waals surface area contributed by atoms with E-state index in [1.165, 1.54) is 32.1 Å². The molecule has 3 heteroatoms. The normalized spacial score (nSPS) is 48.0. The topological polar surface area (TPSA) is 0 Å². The molecule has 2 rings (SSSR count). The summed E-state index contributed by atoms with van der Waals surface area (Å²) in [6.07, 6.45) is 8.39. The van der Waals surface area contributed by atoms with Crippen LogP contribution >= 0.6 is 34.8 Å².